The first-order valence-corrected chi connectivity index (χ1v) is 11.6. The van der Waals surface area contributed by atoms with Gasteiger partial charge in [0.1, 0.15) is 6.04 Å². The van der Waals surface area contributed by atoms with Crippen LogP contribution in [0.2, 0.25) is 0 Å². The molecule has 32 heavy (non-hydrogen) atoms. The average molecular weight is 445 g/mol. The molecular formula is C25H36N2O5. The predicted molar refractivity (Wildman–Crippen MR) is 124 cm³/mol. The van der Waals surface area contributed by atoms with E-state index < -0.39 is 17.9 Å². The molecule has 3 unspecified atom stereocenters. The third-order valence-corrected chi connectivity index (χ3v) is 5.65. The first kappa shape index (κ1) is 25.4. The molecule has 2 aliphatic rings. The number of hydrogen-bond donors (Lipinski definition) is 2. The molecule has 2 N–H and O–H groups in total. The summed E-state index contributed by atoms with van der Waals surface area (Å²) in [5.41, 5.74) is 1.27. The molecule has 0 aromatic carbocycles. The summed E-state index contributed by atoms with van der Waals surface area (Å²) >= 11 is 0. The highest BCUT2D eigenvalue weighted by Gasteiger charge is 2.29. The quantitative estimate of drug-likeness (QED) is 0.639. The van der Waals surface area contributed by atoms with Crippen LogP contribution in [-0.4, -0.2) is 41.2 Å². The summed E-state index contributed by atoms with van der Waals surface area (Å²) in [6.45, 7) is 5.90. The lowest BCUT2D eigenvalue weighted by atomic mass is 9.87. The Balaban J connectivity index is 0.00000176. The Hall–Kier alpha value is -2.83. The van der Waals surface area contributed by atoms with Crippen molar-refractivity contribution in [2.75, 3.05) is 7.11 Å². The zero-order valence-corrected chi connectivity index (χ0v) is 19.6. The molecule has 1 fully saturated rings. The number of allylic oxidation sites excluding steroid dienone is 4. The zero-order chi connectivity index (χ0) is 23.5. The van der Waals surface area contributed by atoms with Gasteiger partial charge >= 0.3 is 5.97 Å². The SMILES string of the molecule is CC.COc1ccnc(C(=O)NC2CCCC(CC3=CC=CCC3)CC(C)OC2=O)c1O. The molecule has 0 spiro atoms. The number of nitrogens with zero attached hydrogens (tertiary/aromatic N) is 1. The Morgan fingerprint density at radius 1 is 1.34 bits per heavy atom. The molecule has 1 aromatic rings. The van der Waals surface area contributed by atoms with Gasteiger partial charge in [-0.3, -0.25) is 4.79 Å². The number of amides is 1. The number of pyridine rings is 1. The Morgan fingerprint density at radius 3 is 2.81 bits per heavy atom. The van der Waals surface area contributed by atoms with E-state index in [1.165, 1.54) is 24.9 Å². The van der Waals surface area contributed by atoms with Crippen molar-refractivity contribution < 1.29 is 24.2 Å². The molecule has 1 aliphatic carbocycles. The first-order chi connectivity index (χ1) is 15.5. The second-order valence-electron chi connectivity index (χ2n) is 8.01. The molecule has 3 rings (SSSR count). The van der Waals surface area contributed by atoms with Gasteiger partial charge in [-0.1, -0.05) is 44.1 Å². The lowest BCUT2D eigenvalue weighted by molar-refractivity contribution is -0.151. The number of carbonyl (C=O) groups excluding carboxylic acids is 2. The highest BCUT2D eigenvalue weighted by atomic mass is 16.5. The molecule has 0 saturated carbocycles. The fourth-order valence-electron chi connectivity index (χ4n) is 4.15. The number of ether oxygens (including phenoxy) is 2. The lowest BCUT2D eigenvalue weighted by Crippen LogP contribution is -2.42. The molecule has 2 heterocycles. The minimum absolute atomic E-state index is 0.149. The van der Waals surface area contributed by atoms with E-state index in [2.05, 4.69) is 28.5 Å². The van der Waals surface area contributed by atoms with E-state index in [1.807, 2.05) is 20.8 Å². The van der Waals surface area contributed by atoms with Gasteiger partial charge in [0.05, 0.1) is 13.2 Å². The van der Waals surface area contributed by atoms with E-state index >= 15 is 0 Å². The Kier molecular flexibility index (Phi) is 10.2. The monoisotopic (exact) mass is 444 g/mol. The standard InChI is InChI=1S/C23H30N2O5.C2H6/c1-15-13-17(14-16-7-4-3-5-8-16)9-6-10-18(23(28)30-15)25-22(27)20-21(26)19(29-2)11-12-24-20;1-2/h3-4,7,11-12,15,17-18,26H,5-6,8-10,13-14H2,1-2H3,(H,25,27);1-2H3. The Bertz CT molecular complexity index is 834. The molecule has 3 atom stereocenters. The second-order valence-corrected chi connectivity index (χ2v) is 8.01. The topological polar surface area (TPSA) is 97.8 Å². The van der Waals surface area contributed by atoms with Gasteiger partial charge in [-0.2, -0.15) is 0 Å². The molecule has 7 nitrogen and oxygen atoms in total. The van der Waals surface area contributed by atoms with Crippen LogP contribution in [0.5, 0.6) is 11.5 Å². The smallest absolute Gasteiger partial charge is 0.328 e. The largest absolute Gasteiger partial charge is 0.503 e. The number of nitrogens with one attached hydrogen (secondary N) is 1. The molecule has 7 heteroatoms. The molecule has 1 aromatic heterocycles. The number of esters is 1. The van der Waals surface area contributed by atoms with Crippen LogP contribution in [0.3, 0.4) is 0 Å². The average Bonchev–Trinajstić information content (AvgIpc) is 2.85. The molecule has 0 radical (unpaired) electrons. The number of hydrogen-bond acceptors (Lipinski definition) is 6. The Morgan fingerprint density at radius 2 is 2.12 bits per heavy atom. The van der Waals surface area contributed by atoms with E-state index in [1.54, 1.807) is 0 Å². The second kappa shape index (κ2) is 12.9. The summed E-state index contributed by atoms with van der Waals surface area (Å²) in [5, 5.41) is 12.8. The third-order valence-electron chi connectivity index (χ3n) is 5.65. The van der Waals surface area contributed by atoms with Crippen LogP contribution < -0.4 is 10.1 Å². The number of rotatable bonds is 5. The van der Waals surface area contributed by atoms with Crippen molar-refractivity contribution >= 4 is 11.9 Å². The molecule has 1 aliphatic heterocycles. The number of aromatic hydroxyl groups is 1. The summed E-state index contributed by atoms with van der Waals surface area (Å²) in [7, 11) is 1.39. The lowest BCUT2D eigenvalue weighted by Gasteiger charge is -2.22. The van der Waals surface area contributed by atoms with Crippen LogP contribution in [0.1, 0.15) is 76.2 Å². The summed E-state index contributed by atoms with van der Waals surface area (Å²) in [6.07, 6.45) is 13.9. The molecular weight excluding hydrogens is 408 g/mol. The molecule has 1 saturated heterocycles. The van der Waals surface area contributed by atoms with E-state index in [0.29, 0.717) is 12.3 Å². The summed E-state index contributed by atoms with van der Waals surface area (Å²) in [6, 6.07) is 0.683. The van der Waals surface area contributed by atoms with Crippen molar-refractivity contribution in [2.45, 2.75) is 77.9 Å². The van der Waals surface area contributed by atoms with E-state index in [9.17, 15) is 14.7 Å². The van der Waals surface area contributed by atoms with Gasteiger partial charge < -0.3 is 19.9 Å². The van der Waals surface area contributed by atoms with Gasteiger partial charge in [0.2, 0.25) is 0 Å². The number of aromatic nitrogens is 1. The maximum Gasteiger partial charge on any atom is 0.328 e. The van der Waals surface area contributed by atoms with Crippen molar-refractivity contribution in [2.24, 2.45) is 5.92 Å². The van der Waals surface area contributed by atoms with Crippen molar-refractivity contribution in [1.29, 1.82) is 0 Å². The summed E-state index contributed by atoms with van der Waals surface area (Å²) < 4.78 is 10.6. The molecule has 1 amide bonds. The van der Waals surface area contributed by atoms with Crippen molar-refractivity contribution in [3.05, 3.63) is 41.8 Å². The van der Waals surface area contributed by atoms with Gasteiger partial charge in [0, 0.05) is 12.3 Å². The normalized spacial score (nSPS) is 23.3. The number of methoxy groups -OCH3 is 1. The van der Waals surface area contributed by atoms with Crippen LogP contribution in [-0.2, 0) is 9.53 Å². The first-order valence-electron chi connectivity index (χ1n) is 11.6. The summed E-state index contributed by atoms with van der Waals surface area (Å²) in [5.74, 6) is -0.827. The number of carbonyl (C=O) groups is 2. The van der Waals surface area contributed by atoms with Crippen LogP contribution in [0.15, 0.2) is 36.1 Å². The molecule has 0 bridgehead atoms. The maximum absolute atomic E-state index is 12.6. The van der Waals surface area contributed by atoms with Gasteiger partial charge in [-0.05, 0) is 51.4 Å². The minimum atomic E-state index is -0.775. The van der Waals surface area contributed by atoms with E-state index in [4.69, 9.17) is 9.47 Å². The minimum Gasteiger partial charge on any atom is -0.503 e. The van der Waals surface area contributed by atoms with Gasteiger partial charge in [-0.25, -0.2) is 9.78 Å². The summed E-state index contributed by atoms with van der Waals surface area (Å²) in [4.78, 5) is 29.2. The third kappa shape index (κ3) is 7.11. The number of cyclic esters (lactones) is 1. The highest BCUT2D eigenvalue weighted by Crippen LogP contribution is 2.30. The van der Waals surface area contributed by atoms with E-state index in [0.717, 1.165) is 38.5 Å². The van der Waals surface area contributed by atoms with Crippen LogP contribution in [0.25, 0.3) is 0 Å². The van der Waals surface area contributed by atoms with Crippen molar-refractivity contribution in [3.63, 3.8) is 0 Å². The van der Waals surface area contributed by atoms with Crippen LogP contribution in [0.4, 0.5) is 0 Å². The maximum atomic E-state index is 12.6. The van der Waals surface area contributed by atoms with Crippen LogP contribution >= 0.6 is 0 Å². The fourth-order valence-corrected chi connectivity index (χ4v) is 4.15. The highest BCUT2D eigenvalue weighted by molar-refractivity contribution is 5.97. The fraction of sp³-hybridized carbons (Fsp3) is 0.560. The van der Waals surface area contributed by atoms with Gasteiger partial charge in [-0.15, -0.1) is 0 Å². The predicted octanol–water partition coefficient (Wildman–Crippen LogP) is 4.71. The molecule has 176 valence electrons. The zero-order valence-electron chi connectivity index (χ0n) is 19.6. The van der Waals surface area contributed by atoms with Crippen molar-refractivity contribution in [3.8, 4) is 11.5 Å². The van der Waals surface area contributed by atoms with Gasteiger partial charge in [0.15, 0.2) is 17.2 Å². The van der Waals surface area contributed by atoms with Crippen LogP contribution in [0, 0.1) is 5.92 Å². The van der Waals surface area contributed by atoms with Gasteiger partial charge in [0.25, 0.3) is 5.91 Å². The van der Waals surface area contributed by atoms with E-state index in [-0.39, 0.29) is 23.3 Å². The van der Waals surface area contributed by atoms with Crippen molar-refractivity contribution in [1.82, 2.24) is 10.3 Å². The Labute approximate surface area is 190 Å².